The highest BCUT2D eigenvalue weighted by Gasteiger charge is 2.29. The minimum atomic E-state index is -1.15. The quantitative estimate of drug-likeness (QED) is 0.0789. The Labute approximate surface area is 289 Å². The second-order valence-corrected chi connectivity index (χ2v) is 14.6. The van der Waals surface area contributed by atoms with E-state index in [9.17, 15) is 33.6 Å². The number of ether oxygens (including phenoxy) is 5. The summed E-state index contributed by atoms with van der Waals surface area (Å²) in [6.45, 7) is 15.7. The zero-order valence-electron chi connectivity index (χ0n) is 30.7. The van der Waals surface area contributed by atoms with Crippen LogP contribution in [0.15, 0.2) is 0 Å². The molecule has 0 aromatic heterocycles. The van der Waals surface area contributed by atoms with Crippen molar-refractivity contribution in [2.75, 3.05) is 33.0 Å². The van der Waals surface area contributed by atoms with E-state index in [1.54, 1.807) is 62.3 Å². The molecule has 0 aromatic carbocycles. The second-order valence-electron chi connectivity index (χ2n) is 14.6. The highest BCUT2D eigenvalue weighted by Crippen LogP contribution is 2.18. The number of carbonyl (C=O) groups is 7. The molecule has 49 heavy (non-hydrogen) atoms. The number of hydrogen-bond donors (Lipinski definition) is 3. The molecule has 0 aromatic rings. The van der Waals surface area contributed by atoms with Crippen molar-refractivity contribution in [3.63, 3.8) is 0 Å². The predicted octanol–water partition coefficient (Wildman–Crippen LogP) is 3.67. The van der Waals surface area contributed by atoms with E-state index >= 15 is 0 Å². The van der Waals surface area contributed by atoms with Gasteiger partial charge in [-0.05, 0) is 81.6 Å². The number of rotatable bonds is 23. The first-order chi connectivity index (χ1) is 22.5. The molecule has 0 saturated heterocycles. The third-order valence-corrected chi connectivity index (χ3v) is 6.09. The third kappa shape index (κ3) is 27.0. The zero-order valence-corrected chi connectivity index (χ0v) is 30.7. The third-order valence-electron chi connectivity index (χ3n) is 6.09. The molecule has 15 nitrogen and oxygen atoms in total. The zero-order chi connectivity index (χ0) is 37.8. The molecule has 0 aliphatic rings. The number of nitrogens with one attached hydrogen (secondary N) is 2. The molecule has 0 bridgehead atoms. The van der Waals surface area contributed by atoms with Gasteiger partial charge in [0.25, 0.3) is 0 Å². The normalized spacial score (nSPS) is 13.1. The number of carboxylic acid groups (broad SMARTS) is 1. The maximum atomic E-state index is 13.5. The molecule has 0 heterocycles. The predicted molar refractivity (Wildman–Crippen MR) is 178 cm³/mol. The SMILES string of the molecule is CC(C)(C)OC(=O)CC[C@@H](CC(=O)COCCOCCNC(=O)OC(C)(C)C)C(=O)N[C@H](CCC(=O)OC(C)(C)C)C(=O)CCCC(=O)O. The molecule has 0 saturated carbocycles. The van der Waals surface area contributed by atoms with Gasteiger partial charge in [-0.25, -0.2) is 4.79 Å². The Balaban J connectivity index is 5.33. The monoisotopic (exact) mass is 702 g/mol. The lowest BCUT2D eigenvalue weighted by molar-refractivity contribution is -0.156. The Morgan fingerprint density at radius 3 is 1.71 bits per heavy atom. The average Bonchev–Trinajstić information content (AvgIpc) is 2.91. The Hall–Kier alpha value is -3.59. The van der Waals surface area contributed by atoms with Gasteiger partial charge >= 0.3 is 24.0 Å². The maximum Gasteiger partial charge on any atom is 0.407 e. The number of aliphatic carboxylic acids is 1. The van der Waals surface area contributed by atoms with Crippen molar-refractivity contribution >= 4 is 41.5 Å². The van der Waals surface area contributed by atoms with E-state index in [-0.39, 0.29) is 84.3 Å². The van der Waals surface area contributed by atoms with Crippen molar-refractivity contribution in [2.24, 2.45) is 5.92 Å². The van der Waals surface area contributed by atoms with Gasteiger partial charge in [0.1, 0.15) is 23.4 Å². The summed E-state index contributed by atoms with van der Waals surface area (Å²) < 4.78 is 26.5. The molecule has 0 spiro atoms. The van der Waals surface area contributed by atoms with E-state index in [4.69, 9.17) is 28.8 Å². The van der Waals surface area contributed by atoms with Crippen molar-refractivity contribution in [3.8, 4) is 0 Å². The average molecular weight is 703 g/mol. The van der Waals surface area contributed by atoms with E-state index in [1.807, 2.05) is 0 Å². The van der Waals surface area contributed by atoms with Crippen LogP contribution in [-0.2, 0) is 52.5 Å². The first-order valence-electron chi connectivity index (χ1n) is 16.6. The molecule has 0 rings (SSSR count). The molecule has 15 heteroatoms. The molecule has 0 radical (unpaired) electrons. The van der Waals surface area contributed by atoms with Crippen molar-refractivity contribution < 1.29 is 62.4 Å². The minimum absolute atomic E-state index is 0.0365. The van der Waals surface area contributed by atoms with Crippen LogP contribution in [-0.4, -0.2) is 102 Å². The van der Waals surface area contributed by atoms with Crippen LogP contribution < -0.4 is 10.6 Å². The number of Topliss-reactive ketones (excluding diaryl/α,β-unsaturated/α-hetero) is 2. The van der Waals surface area contributed by atoms with E-state index in [1.165, 1.54) is 0 Å². The van der Waals surface area contributed by atoms with E-state index in [0.717, 1.165) is 0 Å². The van der Waals surface area contributed by atoms with Crippen LogP contribution in [0.4, 0.5) is 4.79 Å². The summed E-state index contributed by atoms with van der Waals surface area (Å²) in [6.07, 6.45) is -1.77. The molecule has 3 N–H and O–H groups in total. The standard InChI is InChI=1S/C34H58N2O13/c1-32(2,3)47-28(41)15-13-23(21-24(37)22-46-20-19-45-18-17-35-31(44)49-34(7,8)9)30(43)36-25(26(38)11-10-12-27(39)40)14-16-29(42)48-33(4,5)6/h23,25H,10-22H2,1-9H3,(H,35,44)(H,36,43)(H,39,40)/t23-,25+/m0/s1. The highest BCUT2D eigenvalue weighted by molar-refractivity contribution is 5.92. The summed E-state index contributed by atoms with van der Waals surface area (Å²) in [6, 6.07) is -1.15. The fourth-order valence-corrected chi connectivity index (χ4v) is 4.14. The molecule has 282 valence electrons. The smallest absolute Gasteiger partial charge is 0.407 e. The number of carbonyl (C=O) groups excluding carboxylic acids is 6. The fourth-order valence-electron chi connectivity index (χ4n) is 4.14. The van der Waals surface area contributed by atoms with Gasteiger partial charge in [0.05, 0.1) is 25.9 Å². The number of amides is 2. The van der Waals surface area contributed by atoms with Gasteiger partial charge in [0.15, 0.2) is 11.6 Å². The summed E-state index contributed by atoms with van der Waals surface area (Å²) in [5.41, 5.74) is -2.14. The summed E-state index contributed by atoms with van der Waals surface area (Å²) in [4.78, 5) is 86.7. The molecular formula is C34H58N2O13. The Morgan fingerprint density at radius 1 is 0.653 bits per heavy atom. The summed E-state index contributed by atoms with van der Waals surface area (Å²) in [5.74, 6) is -4.85. The molecule has 0 aliphatic heterocycles. The minimum Gasteiger partial charge on any atom is -0.481 e. The van der Waals surface area contributed by atoms with Gasteiger partial charge in [-0.1, -0.05) is 0 Å². The lowest BCUT2D eigenvalue weighted by atomic mass is 9.94. The van der Waals surface area contributed by atoms with Crippen molar-refractivity contribution in [3.05, 3.63) is 0 Å². The van der Waals surface area contributed by atoms with E-state index < -0.39 is 70.2 Å². The van der Waals surface area contributed by atoms with Gasteiger partial charge < -0.3 is 39.4 Å². The van der Waals surface area contributed by atoms with Crippen LogP contribution in [0.1, 0.15) is 114 Å². The van der Waals surface area contributed by atoms with Gasteiger partial charge in [-0.3, -0.25) is 28.8 Å². The van der Waals surface area contributed by atoms with Crippen LogP contribution >= 0.6 is 0 Å². The van der Waals surface area contributed by atoms with E-state index in [2.05, 4.69) is 10.6 Å². The summed E-state index contributed by atoms with van der Waals surface area (Å²) in [7, 11) is 0. The molecule has 2 amide bonds. The van der Waals surface area contributed by atoms with E-state index in [0.29, 0.717) is 0 Å². The van der Waals surface area contributed by atoms with Crippen LogP contribution in [0, 0.1) is 5.92 Å². The number of esters is 2. The Morgan fingerprint density at radius 2 is 1.18 bits per heavy atom. The number of ketones is 2. The molecule has 2 atom stereocenters. The fraction of sp³-hybridized carbons (Fsp3) is 0.794. The lowest BCUT2D eigenvalue weighted by Crippen LogP contribution is -2.45. The van der Waals surface area contributed by atoms with Gasteiger partial charge in [0.2, 0.25) is 5.91 Å². The summed E-state index contributed by atoms with van der Waals surface area (Å²) >= 11 is 0. The maximum absolute atomic E-state index is 13.5. The highest BCUT2D eigenvalue weighted by atomic mass is 16.6. The molecular weight excluding hydrogens is 644 g/mol. The number of alkyl carbamates (subject to hydrolysis) is 1. The topological polar surface area (TPSA) is 210 Å². The molecule has 0 unspecified atom stereocenters. The van der Waals surface area contributed by atoms with Crippen molar-refractivity contribution in [1.29, 1.82) is 0 Å². The van der Waals surface area contributed by atoms with Crippen LogP contribution in [0.25, 0.3) is 0 Å². The van der Waals surface area contributed by atoms with Crippen LogP contribution in [0.3, 0.4) is 0 Å². The molecule has 0 aliphatic carbocycles. The largest absolute Gasteiger partial charge is 0.481 e. The van der Waals surface area contributed by atoms with Gasteiger partial charge in [0, 0.05) is 44.6 Å². The Bertz CT molecular complexity index is 1100. The molecule has 0 fully saturated rings. The second kappa shape index (κ2) is 22.2. The van der Waals surface area contributed by atoms with Crippen molar-refractivity contribution in [1.82, 2.24) is 10.6 Å². The number of hydrogen-bond acceptors (Lipinski definition) is 12. The lowest BCUT2D eigenvalue weighted by Gasteiger charge is -2.24. The first kappa shape index (κ1) is 45.4. The van der Waals surface area contributed by atoms with Crippen LogP contribution in [0.5, 0.6) is 0 Å². The van der Waals surface area contributed by atoms with Crippen molar-refractivity contribution in [2.45, 2.75) is 137 Å². The first-order valence-corrected chi connectivity index (χ1v) is 16.6. The Kier molecular flexibility index (Phi) is 20.6. The van der Waals surface area contributed by atoms with Crippen LogP contribution in [0.2, 0.25) is 0 Å². The number of carboxylic acids is 1. The van der Waals surface area contributed by atoms with Gasteiger partial charge in [-0.15, -0.1) is 0 Å². The summed E-state index contributed by atoms with van der Waals surface area (Å²) in [5, 5.41) is 14.1. The van der Waals surface area contributed by atoms with Gasteiger partial charge in [-0.2, -0.15) is 0 Å².